The first-order valence-corrected chi connectivity index (χ1v) is 12.9. The zero-order valence-electron chi connectivity index (χ0n) is 20.1. The highest BCUT2D eigenvalue weighted by atomic mass is 32.2. The fourth-order valence-corrected chi connectivity index (χ4v) is 5.56. The number of hydrogen-bond donors (Lipinski definition) is 0. The summed E-state index contributed by atoms with van der Waals surface area (Å²) in [5.74, 6) is 0.0855. The van der Waals surface area contributed by atoms with Gasteiger partial charge in [0.15, 0.2) is 0 Å². The number of piperazine rings is 1. The van der Waals surface area contributed by atoms with Crippen LogP contribution in [0.1, 0.15) is 0 Å². The van der Waals surface area contributed by atoms with Crippen molar-refractivity contribution in [3.05, 3.63) is 78.6 Å². The van der Waals surface area contributed by atoms with E-state index in [1.54, 1.807) is 12.0 Å². The molecule has 3 aromatic carbocycles. The van der Waals surface area contributed by atoms with Crippen LogP contribution in [-0.2, 0) is 14.8 Å². The first-order chi connectivity index (χ1) is 17.3. The van der Waals surface area contributed by atoms with Gasteiger partial charge in [-0.2, -0.15) is 0 Å². The third-order valence-corrected chi connectivity index (χ3v) is 7.88. The molecule has 0 N–H and O–H groups in total. The minimum absolute atomic E-state index is 0.0691. The van der Waals surface area contributed by atoms with E-state index in [9.17, 15) is 17.6 Å². The van der Waals surface area contributed by atoms with E-state index in [2.05, 4.69) is 4.90 Å². The van der Waals surface area contributed by atoms with Gasteiger partial charge >= 0.3 is 0 Å². The highest BCUT2D eigenvalue weighted by molar-refractivity contribution is 7.92. The Morgan fingerprint density at radius 3 is 2.17 bits per heavy atom. The molecular weight excluding hydrogens is 485 g/mol. The van der Waals surface area contributed by atoms with Gasteiger partial charge in [-0.1, -0.05) is 24.3 Å². The maximum Gasteiger partial charge on any atom is 0.264 e. The average molecular weight is 514 g/mol. The molecule has 1 aliphatic heterocycles. The number of rotatable bonds is 8. The Morgan fingerprint density at radius 2 is 1.53 bits per heavy atom. The molecule has 0 aromatic heterocycles. The first-order valence-electron chi connectivity index (χ1n) is 11.4. The van der Waals surface area contributed by atoms with Gasteiger partial charge in [-0.3, -0.25) is 9.10 Å². The van der Waals surface area contributed by atoms with Crippen LogP contribution in [0.4, 0.5) is 15.8 Å². The number of nitrogens with zero attached hydrogens (tertiary/aromatic N) is 3. The topological polar surface area (TPSA) is 79.4 Å². The molecule has 4 rings (SSSR count). The first kappa shape index (κ1) is 25.3. The van der Waals surface area contributed by atoms with Crippen LogP contribution in [0.5, 0.6) is 11.5 Å². The number of carbonyl (C=O) groups excluding carboxylic acids is 1. The smallest absolute Gasteiger partial charge is 0.264 e. The number of sulfonamides is 1. The van der Waals surface area contributed by atoms with Crippen molar-refractivity contribution in [3.8, 4) is 11.5 Å². The van der Waals surface area contributed by atoms with E-state index in [1.807, 2.05) is 24.3 Å². The second kappa shape index (κ2) is 10.9. The lowest BCUT2D eigenvalue weighted by Gasteiger charge is -2.37. The second-order valence-electron chi connectivity index (χ2n) is 8.18. The Kier molecular flexibility index (Phi) is 7.64. The quantitative estimate of drug-likeness (QED) is 0.460. The summed E-state index contributed by atoms with van der Waals surface area (Å²) in [7, 11) is -1.15. The highest BCUT2D eigenvalue weighted by Gasteiger charge is 2.32. The minimum Gasteiger partial charge on any atom is -0.497 e. The van der Waals surface area contributed by atoms with Gasteiger partial charge in [0, 0.05) is 26.2 Å². The van der Waals surface area contributed by atoms with Gasteiger partial charge in [-0.15, -0.1) is 0 Å². The maximum atomic E-state index is 14.7. The van der Waals surface area contributed by atoms with Crippen molar-refractivity contribution in [3.63, 3.8) is 0 Å². The number of methoxy groups -OCH3 is 2. The Bertz CT molecular complexity index is 1310. The van der Waals surface area contributed by atoms with Gasteiger partial charge in [0.1, 0.15) is 23.9 Å². The van der Waals surface area contributed by atoms with Gasteiger partial charge in [0.25, 0.3) is 10.0 Å². The van der Waals surface area contributed by atoms with Crippen LogP contribution >= 0.6 is 0 Å². The molecule has 0 atom stereocenters. The van der Waals surface area contributed by atoms with Crippen molar-refractivity contribution in [2.45, 2.75) is 4.90 Å². The Labute approximate surface area is 210 Å². The third kappa shape index (κ3) is 5.23. The summed E-state index contributed by atoms with van der Waals surface area (Å²) in [6, 6.07) is 18.9. The zero-order chi connectivity index (χ0) is 25.7. The van der Waals surface area contributed by atoms with Gasteiger partial charge in [-0.05, 0) is 48.5 Å². The van der Waals surface area contributed by atoms with Crippen LogP contribution in [0.2, 0.25) is 0 Å². The van der Waals surface area contributed by atoms with Gasteiger partial charge < -0.3 is 19.3 Å². The van der Waals surface area contributed by atoms with Crippen LogP contribution < -0.4 is 18.7 Å². The molecule has 36 heavy (non-hydrogen) atoms. The van der Waals surface area contributed by atoms with Crippen LogP contribution in [0.3, 0.4) is 0 Å². The van der Waals surface area contributed by atoms with Crippen molar-refractivity contribution in [1.29, 1.82) is 0 Å². The van der Waals surface area contributed by atoms with E-state index in [-0.39, 0.29) is 10.6 Å². The fraction of sp³-hybridized carbons (Fsp3) is 0.269. The fourth-order valence-electron chi connectivity index (χ4n) is 4.14. The summed E-state index contributed by atoms with van der Waals surface area (Å²) in [5, 5.41) is 0. The lowest BCUT2D eigenvalue weighted by molar-refractivity contribution is -0.129. The molecule has 1 heterocycles. The summed E-state index contributed by atoms with van der Waals surface area (Å²) >= 11 is 0. The lowest BCUT2D eigenvalue weighted by atomic mass is 10.2. The molecule has 1 fully saturated rings. The van der Waals surface area contributed by atoms with E-state index in [4.69, 9.17) is 9.47 Å². The van der Waals surface area contributed by atoms with Crippen molar-refractivity contribution in [1.82, 2.24) is 4.90 Å². The van der Waals surface area contributed by atoms with Crippen LogP contribution in [-0.4, -0.2) is 66.2 Å². The number of hydrogen-bond acceptors (Lipinski definition) is 6. The number of benzene rings is 3. The molecule has 8 nitrogen and oxygen atoms in total. The molecule has 10 heteroatoms. The molecule has 1 aliphatic rings. The maximum absolute atomic E-state index is 14.7. The van der Waals surface area contributed by atoms with Crippen molar-refractivity contribution in [2.75, 3.05) is 56.1 Å². The lowest BCUT2D eigenvalue weighted by Crippen LogP contribution is -2.52. The molecule has 0 spiro atoms. The van der Waals surface area contributed by atoms with E-state index in [0.29, 0.717) is 31.9 Å². The summed E-state index contributed by atoms with van der Waals surface area (Å²) in [6.45, 7) is 1.37. The van der Waals surface area contributed by atoms with Crippen LogP contribution in [0, 0.1) is 5.82 Å². The van der Waals surface area contributed by atoms with E-state index in [0.717, 1.165) is 15.7 Å². The monoisotopic (exact) mass is 513 g/mol. The third-order valence-electron chi connectivity index (χ3n) is 6.11. The zero-order valence-corrected chi connectivity index (χ0v) is 20.9. The highest BCUT2D eigenvalue weighted by Crippen LogP contribution is 2.30. The van der Waals surface area contributed by atoms with Gasteiger partial charge in [-0.25, -0.2) is 12.8 Å². The number of ether oxygens (including phenoxy) is 2. The molecule has 0 bridgehead atoms. The van der Waals surface area contributed by atoms with Gasteiger partial charge in [0.05, 0.1) is 30.5 Å². The van der Waals surface area contributed by atoms with E-state index in [1.165, 1.54) is 55.6 Å². The van der Waals surface area contributed by atoms with Crippen molar-refractivity contribution in [2.24, 2.45) is 0 Å². The Balaban J connectivity index is 1.55. The number of carbonyl (C=O) groups is 1. The molecule has 0 unspecified atom stereocenters. The Morgan fingerprint density at radius 1 is 0.889 bits per heavy atom. The van der Waals surface area contributed by atoms with Gasteiger partial charge in [0.2, 0.25) is 5.91 Å². The molecule has 1 amide bonds. The summed E-state index contributed by atoms with van der Waals surface area (Å²) in [5.41, 5.74) is 0.747. The van der Waals surface area contributed by atoms with Crippen molar-refractivity contribution < 1.29 is 27.1 Å². The molecule has 1 saturated heterocycles. The Hall–Kier alpha value is -3.79. The summed E-state index contributed by atoms with van der Waals surface area (Å²) < 4.78 is 53.2. The predicted molar refractivity (Wildman–Crippen MR) is 136 cm³/mol. The SMILES string of the molecule is COc1ccc(S(=O)(=O)N(CC(=O)N2CCN(c3ccccc3OC)CC2)c2ccccc2F)cc1. The molecule has 190 valence electrons. The summed E-state index contributed by atoms with van der Waals surface area (Å²) in [4.78, 5) is 16.9. The molecular formula is C26H28FN3O5S. The molecule has 0 saturated carbocycles. The minimum atomic E-state index is -4.23. The normalized spacial score (nSPS) is 13.9. The van der Waals surface area contributed by atoms with Crippen LogP contribution in [0.25, 0.3) is 0 Å². The molecule has 3 aromatic rings. The molecule has 0 aliphatic carbocycles. The van der Waals surface area contributed by atoms with Crippen LogP contribution in [0.15, 0.2) is 77.7 Å². The predicted octanol–water partition coefficient (Wildman–Crippen LogP) is 3.39. The molecule has 0 radical (unpaired) electrons. The number of halogens is 1. The number of amides is 1. The van der Waals surface area contributed by atoms with E-state index < -0.39 is 28.3 Å². The van der Waals surface area contributed by atoms with Crippen molar-refractivity contribution >= 4 is 27.3 Å². The second-order valence-corrected chi connectivity index (χ2v) is 10.0. The standard InChI is InChI=1S/C26H28FN3O5S/c1-34-20-11-13-21(14-12-20)36(32,33)30(23-8-4-3-7-22(23)27)19-26(31)29-17-15-28(16-18-29)24-9-5-6-10-25(24)35-2/h3-14H,15-19H2,1-2H3. The summed E-state index contributed by atoms with van der Waals surface area (Å²) in [6.07, 6.45) is 0. The average Bonchev–Trinajstić information content (AvgIpc) is 2.92. The number of para-hydroxylation sites is 3. The largest absolute Gasteiger partial charge is 0.497 e. The number of anilines is 2. The van der Waals surface area contributed by atoms with E-state index >= 15 is 0 Å².